The first-order valence-corrected chi connectivity index (χ1v) is 8.39. The molecule has 0 radical (unpaired) electrons. The minimum absolute atomic E-state index is 0.0260. The average Bonchev–Trinajstić information content (AvgIpc) is 2.93. The van der Waals surface area contributed by atoms with E-state index in [2.05, 4.69) is 4.98 Å². The van der Waals surface area contributed by atoms with Crippen LogP contribution in [0.25, 0.3) is 0 Å². The van der Waals surface area contributed by atoms with E-state index in [-0.39, 0.29) is 18.6 Å². The molecule has 6 nitrogen and oxygen atoms in total. The third-order valence-corrected chi connectivity index (χ3v) is 4.17. The van der Waals surface area contributed by atoms with Gasteiger partial charge in [-0.25, -0.2) is 4.79 Å². The molecule has 0 spiro atoms. The number of hydrogen-bond acceptors (Lipinski definition) is 4. The lowest BCUT2D eigenvalue weighted by Gasteiger charge is -2.22. The minimum atomic E-state index is -0.331. The van der Waals surface area contributed by atoms with Crippen LogP contribution >= 0.6 is 0 Å². The number of carbonyl (C=O) groups excluding carboxylic acids is 2. The van der Waals surface area contributed by atoms with Crippen molar-refractivity contribution in [3.05, 3.63) is 66.0 Å². The molecule has 0 bridgehead atoms. The lowest BCUT2D eigenvalue weighted by atomic mass is 10.2. The van der Waals surface area contributed by atoms with Crippen molar-refractivity contribution in [3.63, 3.8) is 0 Å². The van der Waals surface area contributed by atoms with E-state index in [1.54, 1.807) is 34.3 Å². The maximum atomic E-state index is 12.5. The summed E-state index contributed by atoms with van der Waals surface area (Å²) < 4.78 is 5.38. The minimum Gasteiger partial charge on any atom is -0.445 e. The zero-order chi connectivity index (χ0) is 17.5. The summed E-state index contributed by atoms with van der Waals surface area (Å²) in [6.45, 7) is 2.46. The number of carbonyl (C=O) groups is 2. The fourth-order valence-electron chi connectivity index (χ4n) is 2.79. The van der Waals surface area contributed by atoms with E-state index in [0.29, 0.717) is 31.7 Å². The SMILES string of the molecule is O=C(OCc1ccccc1)N1CCCN(C(=O)c2ccncc2)CC1. The van der Waals surface area contributed by atoms with Crippen molar-refractivity contribution in [1.82, 2.24) is 14.8 Å². The van der Waals surface area contributed by atoms with Crippen LogP contribution in [-0.4, -0.2) is 53.0 Å². The monoisotopic (exact) mass is 339 g/mol. The number of pyridine rings is 1. The van der Waals surface area contributed by atoms with Crippen LogP contribution in [0, 0.1) is 0 Å². The first kappa shape index (κ1) is 17.0. The molecular weight excluding hydrogens is 318 g/mol. The molecule has 130 valence electrons. The summed E-state index contributed by atoms with van der Waals surface area (Å²) in [6, 6.07) is 13.0. The Bertz CT molecular complexity index is 706. The molecule has 2 amide bonds. The fourth-order valence-corrected chi connectivity index (χ4v) is 2.79. The highest BCUT2D eigenvalue weighted by molar-refractivity contribution is 5.94. The molecule has 0 aliphatic carbocycles. The van der Waals surface area contributed by atoms with Gasteiger partial charge in [-0.1, -0.05) is 30.3 Å². The molecule has 1 aromatic heterocycles. The Kier molecular flexibility index (Phi) is 5.61. The maximum absolute atomic E-state index is 12.5. The van der Waals surface area contributed by atoms with Crippen molar-refractivity contribution < 1.29 is 14.3 Å². The number of rotatable bonds is 3. The van der Waals surface area contributed by atoms with Gasteiger partial charge in [0.25, 0.3) is 5.91 Å². The Morgan fingerprint density at radius 2 is 1.60 bits per heavy atom. The maximum Gasteiger partial charge on any atom is 0.410 e. The Labute approximate surface area is 147 Å². The summed E-state index contributed by atoms with van der Waals surface area (Å²) in [4.78, 5) is 32.1. The van der Waals surface area contributed by atoms with E-state index in [1.165, 1.54) is 0 Å². The molecule has 1 aliphatic rings. The van der Waals surface area contributed by atoms with Gasteiger partial charge >= 0.3 is 6.09 Å². The number of hydrogen-bond donors (Lipinski definition) is 0. The molecule has 0 unspecified atom stereocenters. The zero-order valence-electron chi connectivity index (χ0n) is 14.0. The average molecular weight is 339 g/mol. The molecule has 6 heteroatoms. The van der Waals surface area contributed by atoms with Gasteiger partial charge in [-0.2, -0.15) is 0 Å². The van der Waals surface area contributed by atoms with Gasteiger partial charge in [-0.15, -0.1) is 0 Å². The van der Waals surface area contributed by atoms with E-state index < -0.39 is 0 Å². The quantitative estimate of drug-likeness (QED) is 0.862. The molecule has 1 fully saturated rings. The highest BCUT2D eigenvalue weighted by atomic mass is 16.6. The van der Waals surface area contributed by atoms with Gasteiger partial charge in [0, 0.05) is 44.1 Å². The van der Waals surface area contributed by atoms with Crippen molar-refractivity contribution in [3.8, 4) is 0 Å². The van der Waals surface area contributed by atoms with Crippen LogP contribution in [0.5, 0.6) is 0 Å². The highest BCUT2D eigenvalue weighted by Crippen LogP contribution is 2.10. The van der Waals surface area contributed by atoms with Crippen molar-refractivity contribution in [2.45, 2.75) is 13.0 Å². The molecule has 25 heavy (non-hydrogen) atoms. The second kappa shape index (κ2) is 8.28. The first-order valence-electron chi connectivity index (χ1n) is 8.39. The molecule has 2 heterocycles. The Balaban J connectivity index is 1.52. The van der Waals surface area contributed by atoms with Crippen LogP contribution in [0.4, 0.5) is 4.79 Å². The molecule has 1 aromatic carbocycles. The highest BCUT2D eigenvalue weighted by Gasteiger charge is 2.23. The first-order chi connectivity index (χ1) is 12.2. The summed E-state index contributed by atoms with van der Waals surface area (Å²) in [5, 5.41) is 0. The molecule has 2 aromatic rings. The largest absolute Gasteiger partial charge is 0.445 e. The van der Waals surface area contributed by atoms with Gasteiger partial charge in [0.2, 0.25) is 0 Å². The topological polar surface area (TPSA) is 62.7 Å². The molecule has 0 N–H and O–H groups in total. The number of aromatic nitrogens is 1. The van der Waals surface area contributed by atoms with Gasteiger partial charge in [0.1, 0.15) is 6.61 Å². The van der Waals surface area contributed by atoms with Crippen molar-refractivity contribution in [2.75, 3.05) is 26.2 Å². The van der Waals surface area contributed by atoms with Gasteiger partial charge in [-0.3, -0.25) is 9.78 Å². The smallest absolute Gasteiger partial charge is 0.410 e. The third kappa shape index (κ3) is 4.56. The van der Waals surface area contributed by atoms with Crippen LogP contribution in [0.15, 0.2) is 54.9 Å². The molecule has 0 atom stereocenters. The second-order valence-electron chi connectivity index (χ2n) is 5.91. The number of benzene rings is 1. The second-order valence-corrected chi connectivity index (χ2v) is 5.91. The molecule has 1 aliphatic heterocycles. The molecule has 1 saturated heterocycles. The molecular formula is C19H21N3O3. The summed E-state index contributed by atoms with van der Waals surface area (Å²) in [5.41, 5.74) is 1.58. The van der Waals surface area contributed by atoms with E-state index in [9.17, 15) is 9.59 Å². The number of amides is 2. The standard InChI is InChI=1S/C19H21N3O3/c23-18(17-7-9-20-10-8-17)21-11-4-12-22(14-13-21)19(24)25-15-16-5-2-1-3-6-16/h1-3,5-10H,4,11-15H2. The van der Waals surface area contributed by atoms with Crippen LogP contribution in [-0.2, 0) is 11.3 Å². The van der Waals surface area contributed by atoms with Crippen molar-refractivity contribution >= 4 is 12.0 Å². The van der Waals surface area contributed by atoms with E-state index in [1.807, 2.05) is 30.3 Å². The lowest BCUT2D eigenvalue weighted by Crippen LogP contribution is -2.37. The normalized spacial score (nSPS) is 14.7. The predicted octanol–water partition coefficient (Wildman–Crippen LogP) is 2.57. The van der Waals surface area contributed by atoms with Gasteiger partial charge < -0.3 is 14.5 Å². The zero-order valence-corrected chi connectivity index (χ0v) is 14.0. The van der Waals surface area contributed by atoms with Gasteiger partial charge in [0.15, 0.2) is 0 Å². The molecule has 0 saturated carbocycles. The van der Waals surface area contributed by atoms with Crippen LogP contribution in [0.3, 0.4) is 0 Å². The fraction of sp³-hybridized carbons (Fsp3) is 0.316. The number of ether oxygens (including phenoxy) is 1. The van der Waals surface area contributed by atoms with Gasteiger partial charge in [0.05, 0.1) is 0 Å². The van der Waals surface area contributed by atoms with Crippen LogP contribution < -0.4 is 0 Å². The Morgan fingerprint density at radius 1 is 0.920 bits per heavy atom. The van der Waals surface area contributed by atoms with Crippen LogP contribution in [0.1, 0.15) is 22.3 Å². The summed E-state index contributed by atoms with van der Waals surface area (Å²) in [6.07, 6.45) is 3.62. The van der Waals surface area contributed by atoms with E-state index in [4.69, 9.17) is 4.74 Å². The lowest BCUT2D eigenvalue weighted by molar-refractivity contribution is 0.0749. The predicted molar refractivity (Wildman–Crippen MR) is 93.0 cm³/mol. The summed E-state index contributed by atoms with van der Waals surface area (Å²) >= 11 is 0. The van der Waals surface area contributed by atoms with E-state index in [0.717, 1.165) is 12.0 Å². The van der Waals surface area contributed by atoms with E-state index >= 15 is 0 Å². The Morgan fingerprint density at radius 3 is 2.36 bits per heavy atom. The van der Waals surface area contributed by atoms with Crippen molar-refractivity contribution in [1.29, 1.82) is 0 Å². The van der Waals surface area contributed by atoms with Crippen LogP contribution in [0.2, 0.25) is 0 Å². The Hall–Kier alpha value is -2.89. The number of nitrogens with zero attached hydrogens (tertiary/aromatic N) is 3. The molecule has 3 rings (SSSR count). The third-order valence-electron chi connectivity index (χ3n) is 4.17. The summed E-state index contributed by atoms with van der Waals surface area (Å²) in [7, 11) is 0. The summed E-state index contributed by atoms with van der Waals surface area (Å²) in [5.74, 6) is -0.0260. The van der Waals surface area contributed by atoms with Gasteiger partial charge in [-0.05, 0) is 24.1 Å². The van der Waals surface area contributed by atoms with Crippen molar-refractivity contribution in [2.24, 2.45) is 0 Å².